The number of anilines is 1. The van der Waals surface area contributed by atoms with Crippen LogP contribution in [0.1, 0.15) is 41.6 Å². The van der Waals surface area contributed by atoms with Gasteiger partial charge >= 0.3 is 0 Å². The van der Waals surface area contributed by atoms with Gasteiger partial charge in [0.05, 0.1) is 16.2 Å². The molecule has 0 atom stereocenters. The largest absolute Gasteiger partial charge is 0.316 e. The molecule has 0 fully saturated rings. The van der Waals surface area contributed by atoms with Crippen LogP contribution >= 0.6 is 23.1 Å². The molecule has 172 valence electrons. The Morgan fingerprint density at radius 2 is 2.00 bits per heavy atom. The van der Waals surface area contributed by atoms with Crippen LogP contribution in [-0.4, -0.2) is 34.8 Å². The van der Waals surface area contributed by atoms with E-state index in [-0.39, 0.29) is 22.3 Å². The SMILES string of the molecule is CCn1c(CS(=O)(=O)c2ccccc2)nnc1SCC(=O)Nc1sc2c(c1C#N)CCCC2. The molecule has 1 amide bonds. The summed E-state index contributed by atoms with van der Waals surface area (Å²) in [6, 6.07) is 10.5. The molecule has 0 aliphatic heterocycles. The van der Waals surface area contributed by atoms with Crippen LogP contribution in [-0.2, 0) is 39.8 Å². The molecule has 0 spiro atoms. The highest BCUT2D eigenvalue weighted by Gasteiger charge is 2.23. The molecule has 1 aromatic carbocycles. The average molecular weight is 502 g/mol. The summed E-state index contributed by atoms with van der Waals surface area (Å²) in [5.41, 5.74) is 1.66. The summed E-state index contributed by atoms with van der Waals surface area (Å²) in [5.74, 6) is -0.0883. The van der Waals surface area contributed by atoms with Crippen molar-refractivity contribution in [2.45, 2.75) is 55.0 Å². The van der Waals surface area contributed by atoms with Gasteiger partial charge in [0.15, 0.2) is 15.0 Å². The van der Waals surface area contributed by atoms with Crippen molar-refractivity contribution < 1.29 is 13.2 Å². The number of aryl methyl sites for hydroxylation is 1. The maximum atomic E-state index is 12.7. The fraction of sp³-hybridized carbons (Fsp3) is 0.364. The van der Waals surface area contributed by atoms with E-state index in [2.05, 4.69) is 21.6 Å². The number of thiophene rings is 1. The van der Waals surface area contributed by atoms with Gasteiger partial charge in [0.25, 0.3) is 0 Å². The highest BCUT2D eigenvalue weighted by atomic mass is 32.2. The third-order valence-corrected chi connectivity index (χ3v) is 9.20. The van der Waals surface area contributed by atoms with Crippen molar-refractivity contribution in [1.29, 1.82) is 5.26 Å². The first-order valence-corrected chi connectivity index (χ1v) is 14.1. The topological polar surface area (TPSA) is 118 Å². The Morgan fingerprint density at radius 3 is 2.73 bits per heavy atom. The number of benzene rings is 1. The van der Waals surface area contributed by atoms with Crippen LogP contribution < -0.4 is 5.32 Å². The molecule has 8 nitrogen and oxygen atoms in total. The molecule has 11 heteroatoms. The Morgan fingerprint density at radius 1 is 1.24 bits per heavy atom. The molecule has 1 N–H and O–H groups in total. The van der Waals surface area contributed by atoms with Gasteiger partial charge < -0.3 is 9.88 Å². The number of aromatic nitrogens is 3. The summed E-state index contributed by atoms with van der Waals surface area (Å²) in [6.45, 7) is 2.36. The van der Waals surface area contributed by atoms with Crippen molar-refractivity contribution in [2.24, 2.45) is 0 Å². The van der Waals surface area contributed by atoms with Crippen LogP contribution in [0.5, 0.6) is 0 Å². The molecule has 0 unspecified atom stereocenters. The number of carbonyl (C=O) groups excluding carboxylic acids is 1. The Hall–Kier alpha value is -2.68. The molecule has 1 aliphatic rings. The Bertz CT molecular complexity index is 1310. The Kier molecular flexibility index (Phi) is 7.17. The maximum absolute atomic E-state index is 12.7. The Labute approximate surface area is 201 Å². The van der Waals surface area contributed by atoms with Crippen molar-refractivity contribution in [1.82, 2.24) is 14.8 Å². The summed E-state index contributed by atoms with van der Waals surface area (Å²) < 4.78 is 27.1. The molecule has 1 aliphatic carbocycles. The van der Waals surface area contributed by atoms with Gasteiger partial charge in [0, 0.05) is 11.4 Å². The lowest BCUT2D eigenvalue weighted by atomic mass is 9.96. The fourth-order valence-corrected chi connectivity index (χ4v) is 7.17. The number of fused-ring (bicyclic) bond motifs is 1. The highest BCUT2D eigenvalue weighted by Crippen LogP contribution is 2.37. The maximum Gasteiger partial charge on any atom is 0.235 e. The molecule has 2 aromatic heterocycles. The number of carbonyl (C=O) groups is 1. The smallest absolute Gasteiger partial charge is 0.235 e. The lowest BCUT2D eigenvalue weighted by Gasteiger charge is -2.09. The molecule has 0 radical (unpaired) electrons. The predicted octanol–water partition coefficient (Wildman–Crippen LogP) is 3.81. The van der Waals surface area contributed by atoms with Crippen molar-refractivity contribution in [3.05, 3.63) is 52.2 Å². The lowest BCUT2D eigenvalue weighted by Crippen LogP contribution is -2.15. The number of hydrogen-bond donors (Lipinski definition) is 1. The number of rotatable bonds is 8. The van der Waals surface area contributed by atoms with E-state index in [4.69, 9.17) is 0 Å². The number of nitrogens with zero attached hydrogens (tertiary/aromatic N) is 4. The molecule has 0 bridgehead atoms. The van der Waals surface area contributed by atoms with Gasteiger partial charge in [-0.3, -0.25) is 4.79 Å². The van der Waals surface area contributed by atoms with Gasteiger partial charge in [-0.25, -0.2) is 8.42 Å². The minimum atomic E-state index is -3.56. The molecule has 2 heterocycles. The number of thioether (sulfide) groups is 1. The van der Waals surface area contributed by atoms with Gasteiger partial charge in [-0.2, -0.15) is 5.26 Å². The van der Waals surface area contributed by atoms with E-state index < -0.39 is 9.84 Å². The number of amides is 1. The molecular weight excluding hydrogens is 478 g/mol. The van der Waals surface area contributed by atoms with Crippen molar-refractivity contribution >= 4 is 43.8 Å². The fourth-order valence-electron chi connectivity index (χ4n) is 3.80. The number of nitrogens with one attached hydrogen (secondary N) is 1. The first-order chi connectivity index (χ1) is 15.9. The zero-order chi connectivity index (χ0) is 23.4. The molecular formula is C22H23N5O3S3. The van der Waals surface area contributed by atoms with Gasteiger partial charge in [-0.15, -0.1) is 21.5 Å². The van der Waals surface area contributed by atoms with E-state index in [9.17, 15) is 18.5 Å². The van der Waals surface area contributed by atoms with Crippen molar-refractivity contribution in [2.75, 3.05) is 11.1 Å². The van der Waals surface area contributed by atoms with Gasteiger partial charge in [-0.05, 0) is 50.3 Å². The molecule has 0 saturated carbocycles. The average Bonchev–Trinajstić information content (AvgIpc) is 3.37. The summed E-state index contributed by atoms with van der Waals surface area (Å²) >= 11 is 2.68. The second kappa shape index (κ2) is 10.1. The summed E-state index contributed by atoms with van der Waals surface area (Å²) in [4.78, 5) is 14.0. The number of sulfone groups is 1. The standard InChI is InChI=1S/C22H23N5O3S3/c1-2-27-19(14-33(29,30)15-8-4-3-5-9-15)25-26-22(27)31-13-20(28)24-21-17(12-23)16-10-6-7-11-18(16)32-21/h3-5,8-9H,2,6-7,10-11,13-14H2,1H3,(H,24,28). The number of nitriles is 1. The zero-order valence-electron chi connectivity index (χ0n) is 18.1. The highest BCUT2D eigenvalue weighted by molar-refractivity contribution is 7.99. The first-order valence-electron chi connectivity index (χ1n) is 10.6. The molecule has 33 heavy (non-hydrogen) atoms. The predicted molar refractivity (Wildman–Crippen MR) is 128 cm³/mol. The van der Waals surface area contributed by atoms with E-state index in [0.29, 0.717) is 28.1 Å². The summed E-state index contributed by atoms with van der Waals surface area (Å²) in [7, 11) is -3.56. The van der Waals surface area contributed by atoms with E-state index in [1.54, 1.807) is 34.9 Å². The third kappa shape index (κ3) is 5.13. The van der Waals surface area contributed by atoms with Gasteiger partial charge in [0.2, 0.25) is 5.91 Å². The van der Waals surface area contributed by atoms with Crippen LogP contribution in [0.4, 0.5) is 5.00 Å². The van der Waals surface area contributed by atoms with Gasteiger partial charge in [-0.1, -0.05) is 30.0 Å². The van der Waals surface area contributed by atoms with Crippen LogP contribution in [0.2, 0.25) is 0 Å². The summed E-state index contributed by atoms with van der Waals surface area (Å²) in [6.07, 6.45) is 4.01. The lowest BCUT2D eigenvalue weighted by molar-refractivity contribution is -0.113. The van der Waals surface area contributed by atoms with Gasteiger partial charge in [0.1, 0.15) is 22.6 Å². The Balaban J connectivity index is 1.43. The van der Waals surface area contributed by atoms with Crippen molar-refractivity contribution in [3.8, 4) is 6.07 Å². The summed E-state index contributed by atoms with van der Waals surface area (Å²) in [5, 5.41) is 21.7. The number of hydrogen-bond acceptors (Lipinski definition) is 8. The third-order valence-electron chi connectivity index (χ3n) is 5.40. The molecule has 4 rings (SSSR count). The van der Waals surface area contributed by atoms with E-state index in [1.165, 1.54) is 28.0 Å². The van der Waals surface area contributed by atoms with Crippen molar-refractivity contribution in [3.63, 3.8) is 0 Å². The molecule has 3 aromatic rings. The second-order valence-electron chi connectivity index (χ2n) is 7.58. The minimum absolute atomic E-state index is 0.0804. The zero-order valence-corrected chi connectivity index (χ0v) is 20.5. The van der Waals surface area contributed by atoms with E-state index in [0.717, 1.165) is 31.2 Å². The normalized spacial score (nSPS) is 13.3. The van der Waals surface area contributed by atoms with Crippen LogP contribution in [0.25, 0.3) is 0 Å². The monoisotopic (exact) mass is 501 g/mol. The van der Waals surface area contributed by atoms with E-state index in [1.807, 2.05) is 6.92 Å². The minimum Gasteiger partial charge on any atom is -0.316 e. The first kappa shape index (κ1) is 23.5. The quantitative estimate of drug-likeness (QED) is 0.466. The molecule has 0 saturated heterocycles. The van der Waals surface area contributed by atoms with Crippen LogP contribution in [0.15, 0.2) is 40.4 Å². The second-order valence-corrected chi connectivity index (χ2v) is 11.6. The van der Waals surface area contributed by atoms with E-state index >= 15 is 0 Å². The van der Waals surface area contributed by atoms with Crippen LogP contribution in [0, 0.1) is 11.3 Å². The van der Waals surface area contributed by atoms with Crippen LogP contribution in [0.3, 0.4) is 0 Å².